The molecule has 0 saturated heterocycles. The van der Waals surface area contributed by atoms with Crippen LogP contribution in [0.15, 0.2) is 169 Å². The molecule has 4 aromatic carbocycles. The van der Waals surface area contributed by atoms with Crippen LogP contribution in [-0.4, -0.2) is 31.8 Å². The zero-order chi connectivity index (χ0) is 33.6. The van der Waals surface area contributed by atoms with E-state index in [0.717, 1.165) is 44.6 Å². The Kier molecular flexibility index (Phi) is 7.38. The Labute approximate surface area is 285 Å². The highest BCUT2D eigenvalue weighted by Gasteiger charge is 2.39. The maximum Gasteiger partial charge on any atom is 0.268 e. The van der Waals surface area contributed by atoms with E-state index in [1.54, 1.807) is 26.0 Å². The van der Waals surface area contributed by atoms with E-state index in [-0.39, 0.29) is 4.90 Å². The number of fused-ring (bicyclic) bond motifs is 1. The van der Waals surface area contributed by atoms with Crippen molar-refractivity contribution >= 4 is 15.5 Å². The van der Waals surface area contributed by atoms with Crippen LogP contribution in [0.4, 0.5) is 0 Å². The summed E-state index contributed by atoms with van der Waals surface area (Å²) in [5.41, 5.74) is 8.00. The number of hydrogen-bond donors (Lipinski definition) is 0. The number of benzene rings is 4. The fourth-order valence-electron chi connectivity index (χ4n) is 6.98. The molecule has 0 unspecified atom stereocenters. The Morgan fingerprint density at radius 2 is 1.12 bits per heavy atom. The highest BCUT2D eigenvalue weighted by atomic mass is 32.2. The van der Waals surface area contributed by atoms with Crippen molar-refractivity contribution in [2.24, 2.45) is 0 Å². The number of hydrogen-bond acceptors (Lipinski definition) is 4. The molecule has 0 saturated carbocycles. The van der Waals surface area contributed by atoms with Crippen molar-refractivity contribution in [2.45, 2.75) is 24.3 Å². The van der Waals surface area contributed by atoms with E-state index < -0.39 is 15.6 Å². The summed E-state index contributed by atoms with van der Waals surface area (Å²) in [5.74, 6) is 0. The molecule has 8 aromatic rings. The predicted molar refractivity (Wildman–Crippen MR) is 193 cm³/mol. The first-order valence-corrected chi connectivity index (χ1v) is 17.5. The van der Waals surface area contributed by atoms with Gasteiger partial charge in [-0.25, -0.2) is 16.9 Å². The van der Waals surface area contributed by atoms with E-state index in [0.29, 0.717) is 11.4 Å². The van der Waals surface area contributed by atoms with E-state index in [2.05, 4.69) is 79.0 Å². The summed E-state index contributed by atoms with van der Waals surface area (Å²) < 4.78 is 32.5. The van der Waals surface area contributed by atoms with Crippen molar-refractivity contribution in [1.29, 1.82) is 0 Å². The number of rotatable bonds is 8. The van der Waals surface area contributed by atoms with E-state index >= 15 is 0 Å². The average molecular weight is 660 g/mol. The van der Waals surface area contributed by atoms with Crippen molar-refractivity contribution in [1.82, 2.24) is 23.4 Å². The molecule has 4 aromatic heterocycles. The average Bonchev–Trinajstić information content (AvgIpc) is 3.87. The minimum atomic E-state index is -3.76. The summed E-state index contributed by atoms with van der Waals surface area (Å²) in [6.07, 6.45) is 5.85. The van der Waals surface area contributed by atoms with Crippen LogP contribution in [0.3, 0.4) is 0 Å². The Bertz CT molecular complexity index is 2400. The van der Waals surface area contributed by atoms with Gasteiger partial charge < -0.3 is 0 Å². The third-order valence-corrected chi connectivity index (χ3v) is 11.1. The molecule has 0 bridgehead atoms. The zero-order valence-electron chi connectivity index (χ0n) is 27.0. The third-order valence-electron chi connectivity index (χ3n) is 9.20. The fourth-order valence-corrected chi connectivity index (χ4v) is 8.55. The second kappa shape index (κ2) is 11.9. The lowest BCUT2D eigenvalue weighted by atomic mass is 9.77. The molecular formula is C41H33N5O2S. The van der Waals surface area contributed by atoms with Crippen LogP contribution in [0.5, 0.6) is 0 Å². The molecule has 240 valence electrons. The molecule has 4 heterocycles. The summed E-state index contributed by atoms with van der Waals surface area (Å²) in [6.45, 7) is 3.60. The monoisotopic (exact) mass is 659 g/mol. The van der Waals surface area contributed by atoms with Crippen LogP contribution < -0.4 is 0 Å². The highest BCUT2D eigenvalue weighted by molar-refractivity contribution is 7.90. The van der Waals surface area contributed by atoms with Crippen LogP contribution >= 0.6 is 0 Å². The van der Waals surface area contributed by atoms with Crippen molar-refractivity contribution in [3.63, 3.8) is 0 Å². The summed E-state index contributed by atoms with van der Waals surface area (Å²) >= 11 is 0. The van der Waals surface area contributed by atoms with Crippen LogP contribution in [0.2, 0.25) is 0 Å². The van der Waals surface area contributed by atoms with Crippen molar-refractivity contribution in [2.75, 3.05) is 0 Å². The molecule has 0 aliphatic rings. The minimum Gasteiger partial charge on any atom is -0.252 e. The molecule has 0 spiro atoms. The predicted octanol–water partition coefficient (Wildman–Crippen LogP) is 8.36. The van der Waals surface area contributed by atoms with Gasteiger partial charge in [0.15, 0.2) is 0 Å². The number of aryl methyl sites for hydroxylation is 2. The molecule has 8 rings (SSSR count). The molecule has 0 aliphatic carbocycles. The normalized spacial score (nSPS) is 12.0. The van der Waals surface area contributed by atoms with E-state index in [1.165, 1.54) is 3.97 Å². The second-order valence-electron chi connectivity index (χ2n) is 12.1. The van der Waals surface area contributed by atoms with E-state index in [4.69, 9.17) is 10.2 Å². The maximum atomic E-state index is 13.6. The lowest BCUT2D eigenvalue weighted by Crippen LogP contribution is -2.38. The molecule has 7 nitrogen and oxygen atoms in total. The van der Waals surface area contributed by atoms with Crippen molar-refractivity contribution < 1.29 is 8.42 Å². The van der Waals surface area contributed by atoms with Gasteiger partial charge in [0.25, 0.3) is 10.0 Å². The van der Waals surface area contributed by atoms with Crippen LogP contribution in [-0.2, 0) is 15.6 Å². The van der Waals surface area contributed by atoms with Gasteiger partial charge in [0.1, 0.15) is 11.2 Å². The van der Waals surface area contributed by atoms with Gasteiger partial charge in [-0.15, -0.1) is 0 Å². The Morgan fingerprint density at radius 3 is 1.67 bits per heavy atom. The Hall–Kier alpha value is -5.99. The highest BCUT2D eigenvalue weighted by Crippen LogP contribution is 2.42. The van der Waals surface area contributed by atoms with Crippen molar-refractivity contribution in [3.8, 4) is 22.4 Å². The molecule has 8 heteroatoms. The van der Waals surface area contributed by atoms with Crippen LogP contribution in [0, 0.1) is 13.8 Å². The maximum absolute atomic E-state index is 13.6. The van der Waals surface area contributed by atoms with Gasteiger partial charge in [-0.1, -0.05) is 109 Å². The fraction of sp³-hybridized carbons (Fsp3) is 0.0732. The first kappa shape index (κ1) is 30.4. The number of pyridine rings is 1. The van der Waals surface area contributed by atoms with Crippen LogP contribution in [0.25, 0.3) is 27.9 Å². The van der Waals surface area contributed by atoms with Gasteiger partial charge in [0.05, 0.1) is 16.6 Å². The topological polar surface area (TPSA) is 74.2 Å². The minimum absolute atomic E-state index is 0.225. The summed E-state index contributed by atoms with van der Waals surface area (Å²) in [4.78, 5) is 0.225. The number of nitrogens with zero attached hydrogens (tertiary/aromatic N) is 5. The SMILES string of the molecule is Cc1ccc(C)n1S(=O)(=O)c1ccc(-c2c(-c3cnn(C(c4ccccc4)(c4ccccc4)c4ccccc4)c3)nn3ccccc23)cc1. The third kappa shape index (κ3) is 4.91. The largest absolute Gasteiger partial charge is 0.268 e. The first-order chi connectivity index (χ1) is 23.9. The van der Waals surface area contributed by atoms with E-state index in [1.807, 2.05) is 82.3 Å². The first-order valence-electron chi connectivity index (χ1n) is 16.1. The second-order valence-corrected chi connectivity index (χ2v) is 13.9. The smallest absolute Gasteiger partial charge is 0.252 e. The molecular weight excluding hydrogens is 627 g/mol. The van der Waals surface area contributed by atoms with Gasteiger partial charge in [-0.05, 0) is 72.5 Å². The number of aromatic nitrogens is 5. The standard InChI is InChI=1S/C41H33N5O2S/c1-30-21-22-31(2)46(30)49(47,48)37-25-23-32(24-26-37)39-38-20-12-13-27-44(38)43-40(39)33-28-42-45(29-33)41(34-14-6-3-7-15-34,35-16-8-4-9-17-35)36-18-10-5-11-19-36/h3-29H,1-2H3. The van der Waals surface area contributed by atoms with Gasteiger partial charge >= 0.3 is 0 Å². The Morgan fingerprint density at radius 1 is 0.592 bits per heavy atom. The molecule has 0 radical (unpaired) electrons. The van der Waals surface area contributed by atoms with E-state index in [9.17, 15) is 8.42 Å². The molecule has 0 fully saturated rings. The molecule has 0 aliphatic heterocycles. The summed E-state index contributed by atoms with van der Waals surface area (Å²) in [7, 11) is -3.76. The van der Waals surface area contributed by atoms with Gasteiger partial charge in [0.2, 0.25) is 0 Å². The molecule has 0 N–H and O–H groups in total. The molecule has 49 heavy (non-hydrogen) atoms. The summed E-state index contributed by atoms with van der Waals surface area (Å²) in [6, 6.07) is 47.9. The molecule has 0 atom stereocenters. The summed E-state index contributed by atoms with van der Waals surface area (Å²) in [5, 5.41) is 10.1. The van der Waals surface area contributed by atoms with Gasteiger partial charge in [0, 0.05) is 34.9 Å². The van der Waals surface area contributed by atoms with Gasteiger partial charge in [-0.2, -0.15) is 10.2 Å². The zero-order valence-corrected chi connectivity index (χ0v) is 27.9. The lowest BCUT2D eigenvalue weighted by molar-refractivity contribution is 0.460. The van der Waals surface area contributed by atoms with Crippen LogP contribution in [0.1, 0.15) is 28.1 Å². The lowest BCUT2D eigenvalue weighted by Gasteiger charge is -2.36. The quantitative estimate of drug-likeness (QED) is 0.154. The van der Waals surface area contributed by atoms with Crippen molar-refractivity contribution in [3.05, 3.63) is 192 Å². The van der Waals surface area contributed by atoms with Gasteiger partial charge in [-0.3, -0.25) is 4.68 Å². The Balaban J connectivity index is 1.31. The molecule has 0 amide bonds.